The van der Waals surface area contributed by atoms with Gasteiger partial charge in [0.2, 0.25) is 0 Å². The lowest BCUT2D eigenvalue weighted by Crippen LogP contribution is -2.12. The zero-order chi connectivity index (χ0) is 19.2. The molecule has 0 N–H and O–H groups in total. The number of Topliss-reactive ketones (excluding diaryl/α,β-unsaturated/α-hetero) is 1. The lowest BCUT2D eigenvalue weighted by atomic mass is 9.85. The molecule has 0 fully saturated rings. The smallest absolute Gasteiger partial charge is 0.141 e. The maximum absolute atomic E-state index is 12.4. The molecule has 1 nitrogen and oxygen atoms in total. The van der Waals surface area contributed by atoms with Gasteiger partial charge in [0.25, 0.3) is 0 Å². The first kappa shape index (κ1) is 19.1. The van der Waals surface area contributed by atoms with Crippen LogP contribution in [-0.4, -0.2) is 5.78 Å². The molecule has 0 heterocycles. The van der Waals surface area contributed by atoms with E-state index < -0.39 is 0 Å². The van der Waals surface area contributed by atoms with Gasteiger partial charge in [-0.2, -0.15) is 0 Å². The summed E-state index contributed by atoms with van der Waals surface area (Å²) >= 11 is 3.45. The van der Waals surface area contributed by atoms with Crippen LogP contribution in [0, 0.1) is 25.2 Å². The lowest BCUT2D eigenvalue weighted by Gasteiger charge is -2.18. The van der Waals surface area contributed by atoms with Crippen molar-refractivity contribution < 1.29 is 4.79 Å². The highest BCUT2D eigenvalue weighted by Gasteiger charge is 2.21. The van der Waals surface area contributed by atoms with Gasteiger partial charge in [-0.3, -0.25) is 4.79 Å². The summed E-state index contributed by atoms with van der Waals surface area (Å²) in [5, 5.41) is 0. The standard InChI is InChI=1S/C25H20BrO/c1-18-10-12-20(13-11-18)6-5-8-21-7-3-4-9-24(21)25(19(2)27)22-14-16-23(26)17-15-22/h3-4,7-17,25H,1-2H3. The van der Waals surface area contributed by atoms with Crippen molar-refractivity contribution in [2.24, 2.45) is 0 Å². The van der Waals surface area contributed by atoms with Gasteiger partial charge in [0.15, 0.2) is 0 Å². The molecule has 0 aliphatic rings. The molecule has 133 valence electrons. The van der Waals surface area contributed by atoms with E-state index in [4.69, 9.17) is 0 Å². The van der Waals surface area contributed by atoms with Crippen molar-refractivity contribution >= 4 is 21.7 Å². The van der Waals surface area contributed by atoms with Crippen LogP contribution in [0.15, 0.2) is 77.3 Å². The van der Waals surface area contributed by atoms with Crippen molar-refractivity contribution in [1.82, 2.24) is 0 Å². The minimum Gasteiger partial charge on any atom is -0.299 e. The van der Waals surface area contributed by atoms with Crippen LogP contribution in [0.4, 0.5) is 0 Å². The molecule has 3 rings (SSSR count). The summed E-state index contributed by atoms with van der Waals surface area (Å²) in [4.78, 5) is 12.4. The Balaban J connectivity index is 1.91. The fourth-order valence-corrected chi connectivity index (χ4v) is 3.29. The van der Waals surface area contributed by atoms with Crippen molar-refractivity contribution in [3.63, 3.8) is 0 Å². The van der Waals surface area contributed by atoms with Crippen LogP contribution in [0.1, 0.15) is 40.7 Å². The number of hydrogen-bond donors (Lipinski definition) is 0. The molecule has 1 unspecified atom stereocenters. The second-order valence-electron chi connectivity index (χ2n) is 6.50. The molecule has 0 aromatic heterocycles. The van der Waals surface area contributed by atoms with E-state index in [1.807, 2.05) is 67.1 Å². The number of carbonyl (C=O) groups is 1. The van der Waals surface area contributed by atoms with Crippen molar-refractivity contribution in [3.8, 4) is 11.8 Å². The summed E-state index contributed by atoms with van der Waals surface area (Å²) < 4.78 is 0.998. The maximum atomic E-state index is 12.4. The monoisotopic (exact) mass is 415 g/mol. The molecule has 1 radical (unpaired) electrons. The number of carbonyl (C=O) groups excluding carboxylic acids is 1. The Morgan fingerprint density at radius 3 is 2.30 bits per heavy atom. The molecule has 3 aromatic rings. The highest BCUT2D eigenvalue weighted by atomic mass is 79.9. The average molecular weight is 416 g/mol. The number of rotatable bonds is 4. The summed E-state index contributed by atoms with van der Waals surface area (Å²) in [5.74, 6) is 6.12. The first-order valence-electron chi connectivity index (χ1n) is 8.81. The molecular formula is C25H20BrO. The molecule has 3 aromatic carbocycles. The normalized spacial score (nSPS) is 11.4. The Kier molecular flexibility index (Phi) is 6.27. The molecule has 0 aliphatic carbocycles. The molecule has 0 spiro atoms. The third kappa shape index (κ3) is 4.96. The van der Waals surface area contributed by atoms with E-state index in [2.05, 4.69) is 46.8 Å². The summed E-state index contributed by atoms with van der Waals surface area (Å²) in [6.07, 6.45) is 1.89. The summed E-state index contributed by atoms with van der Waals surface area (Å²) in [6.45, 7) is 3.70. The van der Waals surface area contributed by atoms with Crippen LogP contribution in [-0.2, 0) is 4.79 Å². The van der Waals surface area contributed by atoms with Crippen LogP contribution in [0.5, 0.6) is 0 Å². The Morgan fingerprint density at radius 1 is 0.963 bits per heavy atom. The molecule has 0 amide bonds. The summed E-state index contributed by atoms with van der Waals surface area (Å²) in [5.41, 5.74) is 5.13. The summed E-state index contributed by atoms with van der Waals surface area (Å²) in [6, 6.07) is 24.0. The Hall–Kier alpha value is -2.63. The van der Waals surface area contributed by atoms with Crippen molar-refractivity contribution in [1.29, 1.82) is 0 Å². The maximum Gasteiger partial charge on any atom is 0.141 e. The van der Waals surface area contributed by atoms with Crippen molar-refractivity contribution in [2.75, 3.05) is 0 Å². The number of benzene rings is 3. The lowest BCUT2D eigenvalue weighted by molar-refractivity contribution is -0.117. The molecule has 0 aliphatic heterocycles. The molecule has 0 saturated carbocycles. The SMILES string of the molecule is CC(=O)C(c1ccc(Br)cc1)c1ccccc1[CH]C#Cc1ccc(C)cc1. The molecule has 2 heteroatoms. The highest BCUT2D eigenvalue weighted by molar-refractivity contribution is 9.10. The summed E-state index contributed by atoms with van der Waals surface area (Å²) in [7, 11) is 0. The fourth-order valence-electron chi connectivity index (χ4n) is 3.03. The number of hydrogen-bond acceptors (Lipinski definition) is 1. The van der Waals surface area contributed by atoms with Gasteiger partial charge in [-0.25, -0.2) is 0 Å². The van der Waals surface area contributed by atoms with Crippen LogP contribution in [0.3, 0.4) is 0 Å². The number of halogens is 1. The fraction of sp³-hybridized carbons (Fsp3) is 0.120. The molecule has 0 saturated heterocycles. The van der Waals surface area contributed by atoms with Crippen molar-refractivity contribution in [3.05, 3.63) is 112 Å². The van der Waals surface area contributed by atoms with Gasteiger partial charge in [-0.15, -0.1) is 0 Å². The minimum atomic E-state index is -0.299. The average Bonchev–Trinajstić information content (AvgIpc) is 2.66. The molecular weight excluding hydrogens is 396 g/mol. The third-order valence-electron chi connectivity index (χ3n) is 4.41. The largest absolute Gasteiger partial charge is 0.299 e. The number of aryl methyl sites for hydroxylation is 1. The van der Waals surface area contributed by atoms with Gasteiger partial charge >= 0.3 is 0 Å². The van der Waals surface area contributed by atoms with Gasteiger partial charge in [-0.1, -0.05) is 81.9 Å². The van der Waals surface area contributed by atoms with Gasteiger partial charge in [0, 0.05) is 10.0 Å². The van der Waals surface area contributed by atoms with Crippen LogP contribution < -0.4 is 0 Å². The zero-order valence-electron chi connectivity index (χ0n) is 15.4. The van der Waals surface area contributed by atoms with Crippen LogP contribution in [0.2, 0.25) is 0 Å². The minimum absolute atomic E-state index is 0.115. The second kappa shape index (κ2) is 8.84. The van der Waals surface area contributed by atoms with E-state index in [0.29, 0.717) is 0 Å². The topological polar surface area (TPSA) is 17.1 Å². The van der Waals surface area contributed by atoms with E-state index in [0.717, 1.165) is 26.7 Å². The van der Waals surface area contributed by atoms with E-state index in [1.165, 1.54) is 5.56 Å². The Bertz CT molecular complexity index is 989. The van der Waals surface area contributed by atoms with Crippen LogP contribution in [0.25, 0.3) is 0 Å². The van der Waals surface area contributed by atoms with E-state index in [9.17, 15) is 4.79 Å². The Morgan fingerprint density at radius 2 is 1.63 bits per heavy atom. The zero-order valence-corrected chi connectivity index (χ0v) is 17.0. The molecule has 0 bridgehead atoms. The van der Waals surface area contributed by atoms with Gasteiger partial charge in [0.05, 0.1) is 12.3 Å². The van der Waals surface area contributed by atoms with Crippen molar-refractivity contribution in [2.45, 2.75) is 19.8 Å². The first-order valence-corrected chi connectivity index (χ1v) is 9.60. The molecule has 1 atom stereocenters. The predicted octanol–water partition coefficient (Wildman–Crippen LogP) is 6.08. The van der Waals surface area contributed by atoms with Gasteiger partial charge in [0.1, 0.15) is 5.78 Å². The van der Waals surface area contributed by atoms with Gasteiger partial charge in [-0.05, 0) is 54.8 Å². The van der Waals surface area contributed by atoms with Crippen LogP contribution >= 0.6 is 15.9 Å². The highest BCUT2D eigenvalue weighted by Crippen LogP contribution is 2.30. The van der Waals surface area contributed by atoms with E-state index in [-0.39, 0.29) is 11.7 Å². The van der Waals surface area contributed by atoms with E-state index in [1.54, 1.807) is 6.92 Å². The predicted molar refractivity (Wildman–Crippen MR) is 115 cm³/mol. The first-order chi connectivity index (χ1) is 13.0. The second-order valence-corrected chi connectivity index (χ2v) is 7.42. The van der Waals surface area contributed by atoms with E-state index >= 15 is 0 Å². The number of ketones is 1. The quantitative estimate of drug-likeness (QED) is 0.471. The Labute approximate surface area is 169 Å². The van der Waals surface area contributed by atoms with Gasteiger partial charge < -0.3 is 0 Å². The third-order valence-corrected chi connectivity index (χ3v) is 4.94. The molecule has 27 heavy (non-hydrogen) atoms.